The fraction of sp³-hybridized carbons (Fsp3) is 0.760. The van der Waals surface area contributed by atoms with Crippen molar-refractivity contribution in [2.75, 3.05) is 26.4 Å². The highest BCUT2D eigenvalue weighted by Gasteiger charge is 2.27. The van der Waals surface area contributed by atoms with Gasteiger partial charge in [0.05, 0.1) is 19.8 Å². The molecule has 0 amide bonds. The van der Waals surface area contributed by atoms with Gasteiger partial charge in [-0.25, -0.2) is 4.57 Å². The molecule has 0 saturated carbocycles. The van der Waals surface area contributed by atoms with Gasteiger partial charge in [-0.1, -0.05) is 177 Å². The summed E-state index contributed by atoms with van der Waals surface area (Å²) in [6, 6.07) is 0. The largest absolute Gasteiger partial charge is 0.472 e. The van der Waals surface area contributed by atoms with Gasteiger partial charge in [0, 0.05) is 12.8 Å². The third-order valence-corrected chi connectivity index (χ3v) is 11.1. The van der Waals surface area contributed by atoms with E-state index in [0.29, 0.717) is 19.3 Å². The normalized spacial score (nSPS) is 14.2. The van der Waals surface area contributed by atoms with E-state index in [1.165, 1.54) is 116 Å². The van der Waals surface area contributed by atoms with E-state index < -0.39 is 51.8 Å². The summed E-state index contributed by atoms with van der Waals surface area (Å²) in [5.41, 5.74) is 0. The predicted octanol–water partition coefficient (Wildman–Crippen LogP) is 13.5. The van der Waals surface area contributed by atoms with Crippen LogP contribution in [0.25, 0.3) is 0 Å². The lowest BCUT2D eigenvalue weighted by Crippen LogP contribution is -2.29. The van der Waals surface area contributed by atoms with E-state index in [-0.39, 0.29) is 19.4 Å². The van der Waals surface area contributed by atoms with Gasteiger partial charge >= 0.3 is 19.8 Å². The van der Waals surface area contributed by atoms with Crippen LogP contribution in [0.4, 0.5) is 0 Å². The van der Waals surface area contributed by atoms with Crippen molar-refractivity contribution in [2.45, 2.75) is 219 Å². The maximum atomic E-state index is 12.6. The van der Waals surface area contributed by atoms with Gasteiger partial charge < -0.3 is 24.6 Å². The van der Waals surface area contributed by atoms with Gasteiger partial charge in [-0.05, 0) is 77.0 Å². The maximum absolute atomic E-state index is 12.6. The summed E-state index contributed by atoms with van der Waals surface area (Å²) >= 11 is 0. The fourth-order valence-electron chi connectivity index (χ4n) is 6.39. The average Bonchev–Trinajstić information content (AvgIpc) is 3.25. The Kier molecular flexibility index (Phi) is 43.9. The first-order valence-electron chi connectivity index (χ1n) is 24.2. The first-order chi connectivity index (χ1) is 29.7. The Morgan fingerprint density at radius 2 is 0.869 bits per heavy atom. The highest BCUT2D eigenvalue weighted by molar-refractivity contribution is 7.47. The number of phosphoric ester groups is 1. The van der Waals surface area contributed by atoms with Crippen molar-refractivity contribution in [1.29, 1.82) is 0 Å². The van der Waals surface area contributed by atoms with Crippen molar-refractivity contribution in [3.63, 3.8) is 0 Å². The first-order valence-corrected chi connectivity index (χ1v) is 25.7. The van der Waals surface area contributed by atoms with E-state index in [2.05, 4.69) is 68.5 Å². The molecule has 3 N–H and O–H groups in total. The van der Waals surface area contributed by atoms with Crippen LogP contribution >= 0.6 is 7.82 Å². The smallest absolute Gasteiger partial charge is 0.462 e. The zero-order valence-corrected chi connectivity index (χ0v) is 39.5. The number of allylic oxidation sites excluding steroid dienone is 10. The minimum atomic E-state index is -4.64. The Morgan fingerprint density at radius 3 is 1.34 bits per heavy atom. The Morgan fingerprint density at radius 1 is 0.492 bits per heavy atom. The minimum Gasteiger partial charge on any atom is -0.462 e. The Balaban J connectivity index is 4.33. The zero-order valence-electron chi connectivity index (χ0n) is 38.6. The summed E-state index contributed by atoms with van der Waals surface area (Å²) in [6.45, 7) is 2.32. The van der Waals surface area contributed by atoms with E-state index in [0.717, 1.165) is 44.9 Å². The topological polar surface area (TPSA) is 149 Å². The van der Waals surface area contributed by atoms with Crippen LogP contribution in [0.5, 0.6) is 0 Å². The molecule has 0 radical (unpaired) electrons. The number of esters is 2. The molecule has 0 aliphatic rings. The van der Waals surface area contributed by atoms with Crippen molar-refractivity contribution < 1.29 is 47.8 Å². The van der Waals surface area contributed by atoms with Gasteiger partial charge in [-0.2, -0.15) is 0 Å². The van der Waals surface area contributed by atoms with Crippen LogP contribution in [0.1, 0.15) is 206 Å². The maximum Gasteiger partial charge on any atom is 0.472 e. The van der Waals surface area contributed by atoms with Crippen molar-refractivity contribution in [2.24, 2.45) is 0 Å². The lowest BCUT2D eigenvalue weighted by Gasteiger charge is -2.20. The van der Waals surface area contributed by atoms with Crippen LogP contribution in [0, 0.1) is 0 Å². The molecule has 354 valence electrons. The molecule has 0 aromatic carbocycles. The van der Waals surface area contributed by atoms with Gasteiger partial charge in [0.1, 0.15) is 12.7 Å². The van der Waals surface area contributed by atoms with Crippen LogP contribution in [0.15, 0.2) is 60.8 Å². The van der Waals surface area contributed by atoms with Crippen LogP contribution < -0.4 is 0 Å². The SMILES string of the molecule is CCCCCCCC/C=C/CCCCCCCCCC(=O)O[C@H](COC(=O)CCC/C=C/C/C=C/C/C=C/C/C=C/CCCCCCCCC)COP(=O)(O)OC[C@@H](O)CO. The Bertz CT molecular complexity index is 1200. The van der Waals surface area contributed by atoms with Gasteiger partial charge in [0.2, 0.25) is 0 Å². The average molecular weight is 881 g/mol. The van der Waals surface area contributed by atoms with Crippen LogP contribution in [-0.2, 0) is 32.7 Å². The second-order valence-corrected chi connectivity index (χ2v) is 17.6. The lowest BCUT2D eigenvalue weighted by molar-refractivity contribution is -0.161. The first kappa shape index (κ1) is 58.7. The molecule has 61 heavy (non-hydrogen) atoms. The number of aliphatic hydroxyl groups excluding tert-OH is 2. The molecule has 0 aromatic heterocycles. The summed E-state index contributed by atoms with van der Waals surface area (Å²) in [4.78, 5) is 35.1. The number of ether oxygens (including phenoxy) is 2. The molecule has 10 nitrogen and oxygen atoms in total. The number of carbonyl (C=O) groups excluding carboxylic acids is 2. The molecule has 0 aliphatic heterocycles. The summed E-state index contributed by atoms with van der Waals surface area (Å²) in [5, 5.41) is 18.4. The molecular weight excluding hydrogens is 792 g/mol. The summed E-state index contributed by atoms with van der Waals surface area (Å²) < 4.78 is 32.7. The number of phosphoric acid groups is 1. The molecule has 0 aromatic rings. The van der Waals surface area contributed by atoms with Crippen molar-refractivity contribution in [3.8, 4) is 0 Å². The predicted molar refractivity (Wildman–Crippen MR) is 251 cm³/mol. The molecule has 1 unspecified atom stereocenters. The third kappa shape index (κ3) is 45.5. The van der Waals surface area contributed by atoms with Gasteiger partial charge in [0.25, 0.3) is 0 Å². The molecule has 0 bridgehead atoms. The van der Waals surface area contributed by atoms with Crippen LogP contribution in [0.2, 0.25) is 0 Å². The standard InChI is InChI=1S/C50H89O10P/c1-3-5-7-9-11-13-15-17-19-21-22-23-24-26-27-29-31-33-35-37-39-41-49(53)57-45-48(46-59-61(55,56)58-44-47(52)43-51)60-50(54)42-40-38-36-34-32-30-28-25-20-18-16-14-12-10-8-6-4-2/h18-21,23-24,27,29,33,35,47-48,51-52H,3-17,22,25-26,28,30-32,34,36-46H2,1-2H3,(H,55,56)/b20-18+,21-19+,24-23+,29-27+,35-33+/t47-,48+/m0/s1. The highest BCUT2D eigenvalue weighted by Crippen LogP contribution is 2.43. The molecule has 0 aliphatic carbocycles. The summed E-state index contributed by atoms with van der Waals surface area (Å²) in [7, 11) is -4.64. The molecular formula is C50H89O10P. The monoisotopic (exact) mass is 881 g/mol. The fourth-order valence-corrected chi connectivity index (χ4v) is 7.18. The quantitative estimate of drug-likeness (QED) is 0.0233. The molecule has 0 saturated heterocycles. The molecule has 0 fully saturated rings. The van der Waals surface area contributed by atoms with Gasteiger partial charge in [-0.3, -0.25) is 18.6 Å². The Hall–Kier alpha value is -2.33. The molecule has 11 heteroatoms. The number of hydrogen-bond donors (Lipinski definition) is 3. The van der Waals surface area contributed by atoms with Crippen LogP contribution in [-0.4, -0.2) is 65.7 Å². The zero-order chi connectivity index (χ0) is 44.8. The minimum absolute atomic E-state index is 0.163. The second-order valence-electron chi connectivity index (χ2n) is 16.1. The summed E-state index contributed by atoms with van der Waals surface area (Å²) in [5.74, 6) is -0.994. The summed E-state index contributed by atoms with van der Waals surface area (Å²) in [6.07, 6.45) is 51.9. The molecule has 0 rings (SSSR count). The lowest BCUT2D eigenvalue weighted by atomic mass is 10.1. The third-order valence-electron chi connectivity index (χ3n) is 10.1. The number of aliphatic hydroxyl groups is 2. The highest BCUT2D eigenvalue weighted by atomic mass is 31.2. The van der Waals surface area contributed by atoms with E-state index in [9.17, 15) is 24.2 Å². The number of carbonyl (C=O) groups is 2. The van der Waals surface area contributed by atoms with Crippen LogP contribution in [0.3, 0.4) is 0 Å². The van der Waals surface area contributed by atoms with E-state index in [4.69, 9.17) is 23.6 Å². The van der Waals surface area contributed by atoms with Crippen molar-refractivity contribution in [1.82, 2.24) is 0 Å². The molecule has 0 spiro atoms. The second kappa shape index (κ2) is 45.7. The Labute approximate surface area is 372 Å². The molecule has 3 atom stereocenters. The van der Waals surface area contributed by atoms with E-state index in [1.54, 1.807) is 0 Å². The number of hydrogen-bond acceptors (Lipinski definition) is 9. The number of unbranched alkanes of at least 4 members (excludes halogenated alkanes) is 21. The van der Waals surface area contributed by atoms with E-state index >= 15 is 0 Å². The number of rotatable bonds is 45. The van der Waals surface area contributed by atoms with E-state index in [1.807, 2.05) is 6.08 Å². The van der Waals surface area contributed by atoms with Gasteiger partial charge in [0.15, 0.2) is 6.10 Å². The van der Waals surface area contributed by atoms with Crippen molar-refractivity contribution in [3.05, 3.63) is 60.8 Å². The van der Waals surface area contributed by atoms with Crippen molar-refractivity contribution >= 4 is 19.8 Å². The van der Waals surface area contributed by atoms with Gasteiger partial charge in [-0.15, -0.1) is 0 Å². The molecule has 0 heterocycles.